The van der Waals surface area contributed by atoms with Crippen LogP contribution in [0, 0.1) is 16.7 Å². The number of aliphatic hydroxyl groups excluding tert-OH is 1. The molecule has 0 aromatic rings. The smallest absolute Gasteiger partial charge is 0.334 e. The van der Waals surface area contributed by atoms with Gasteiger partial charge in [0.25, 0.3) is 0 Å². The molecule has 25 heavy (non-hydrogen) atoms. The van der Waals surface area contributed by atoms with Crippen LogP contribution >= 0.6 is 0 Å². The molecule has 5 heteroatoms. The van der Waals surface area contributed by atoms with Gasteiger partial charge in [0, 0.05) is 27.9 Å². The maximum atomic E-state index is 12.3. The van der Waals surface area contributed by atoms with Crippen molar-refractivity contribution in [2.24, 2.45) is 16.7 Å². The first-order valence-corrected chi connectivity index (χ1v) is 9.04. The highest BCUT2D eigenvalue weighted by Crippen LogP contribution is 2.61. The van der Waals surface area contributed by atoms with Crippen molar-refractivity contribution in [3.05, 3.63) is 22.8 Å². The highest BCUT2D eigenvalue weighted by molar-refractivity contribution is 5.93. The van der Waals surface area contributed by atoms with Gasteiger partial charge in [0.05, 0.1) is 6.10 Å². The fraction of sp³-hybridized carbons (Fsp3) is 0.700. The largest absolute Gasteiger partial charge is 0.458 e. The standard InChI is InChI=1S/C20H28O5/c1-6-11(2)17(22)25-14-7-8-20(5)15-12(10-24-18(15)23)9-13(21)16(20)19(14,3)4/h6,13-14,16,21H,7-10H2,1-5H3/b11-6-/t13-,14-,16+,20-/m1/s1. The predicted molar refractivity (Wildman–Crippen MR) is 92.5 cm³/mol. The van der Waals surface area contributed by atoms with Crippen molar-refractivity contribution in [1.82, 2.24) is 0 Å². The second-order valence-electron chi connectivity index (χ2n) is 8.45. The van der Waals surface area contributed by atoms with Crippen molar-refractivity contribution in [2.75, 3.05) is 6.61 Å². The molecule has 4 atom stereocenters. The molecule has 1 fully saturated rings. The highest BCUT2D eigenvalue weighted by atomic mass is 16.5. The summed E-state index contributed by atoms with van der Waals surface area (Å²) in [6, 6.07) is 0. The molecule has 0 spiro atoms. The summed E-state index contributed by atoms with van der Waals surface area (Å²) in [5.41, 5.74) is 1.38. The number of esters is 2. The molecule has 0 radical (unpaired) electrons. The number of allylic oxidation sites excluding steroid dienone is 1. The third-order valence-corrected chi connectivity index (χ3v) is 6.59. The molecule has 2 aliphatic carbocycles. The average molecular weight is 348 g/mol. The van der Waals surface area contributed by atoms with Crippen LogP contribution in [-0.4, -0.2) is 35.9 Å². The minimum absolute atomic E-state index is 0.165. The van der Waals surface area contributed by atoms with Crippen molar-refractivity contribution in [3.8, 4) is 0 Å². The number of hydrogen-bond donors (Lipinski definition) is 1. The molecular formula is C20H28O5. The Labute approximate surface area is 149 Å². The number of carbonyl (C=O) groups excluding carboxylic acids is 2. The van der Waals surface area contributed by atoms with Gasteiger partial charge in [-0.3, -0.25) is 0 Å². The Bertz CT molecular complexity index is 672. The van der Waals surface area contributed by atoms with Crippen LogP contribution < -0.4 is 0 Å². The number of carbonyl (C=O) groups is 2. The van der Waals surface area contributed by atoms with Gasteiger partial charge in [-0.25, -0.2) is 9.59 Å². The zero-order chi connectivity index (χ0) is 18.6. The van der Waals surface area contributed by atoms with Gasteiger partial charge >= 0.3 is 11.9 Å². The molecular weight excluding hydrogens is 320 g/mol. The highest BCUT2D eigenvalue weighted by Gasteiger charge is 2.61. The molecule has 0 aromatic carbocycles. The van der Waals surface area contributed by atoms with E-state index in [2.05, 4.69) is 6.92 Å². The Morgan fingerprint density at radius 3 is 2.68 bits per heavy atom. The number of cyclic esters (lactones) is 1. The van der Waals surface area contributed by atoms with Crippen molar-refractivity contribution in [1.29, 1.82) is 0 Å². The molecule has 0 aromatic heterocycles. The lowest BCUT2D eigenvalue weighted by molar-refractivity contribution is -0.175. The first-order chi connectivity index (χ1) is 11.6. The fourth-order valence-electron chi connectivity index (χ4n) is 5.34. The molecule has 0 saturated heterocycles. The third kappa shape index (κ3) is 2.64. The zero-order valence-electron chi connectivity index (χ0n) is 15.7. The van der Waals surface area contributed by atoms with Crippen LogP contribution in [0.5, 0.6) is 0 Å². The molecule has 3 rings (SSSR count). The van der Waals surface area contributed by atoms with Crippen LogP contribution in [0.4, 0.5) is 0 Å². The summed E-state index contributed by atoms with van der Waals surface area (Å²) < 4.78 is 11.0. The van der Waals surface area contributed by atoms with Gasteiger partial charge in [-0.15, -0.1) is 0 Å². The number of fused-ring (bicyclic) bond motifs is 2. The van der Waals surface area contributed by atoms with Gasteiger partial charge in [0.15, 0.2) is 0 Å². The minimum atomic E-state index is -0.572. The summed E-state index contributed by atoms with van der Waals surface area (Å²) in [7, 11) is 0. The number of rotatable bonds is 2. The Morgan fingerprint density at radius 2 is 2.04 bits per heavy atom. The van der Waals surface area contributed by atoms with Crippen LogP contribution in [0.3, 0.4) is 0 Å². The van der Waals surface area contributed by atoms with Crippen LogP contribution in [0.25, 0.3) is 0 Å². The van der Waals surface area contributed by atoms with Crippen molar-refractivity contribution >= 4 is 11.9 Å². The maximum Gasteiger partial charge on any atom is 0.334 e. The van der Waals surface area contributed by atoms with E-state index in [0.29, 0.717) is 31.4 Å². The lowest BCUT2D eigenvalue weighted by Crippen LogP contribution is -2.58. The van der Waals surface area contributed by atoms with E-state index in [1.165, 1.54) is 0 Å². The van der Waals surface area contributed by atoms with Gasteiger partial charge in [-0.05, 0) is 38.7 Å². The van der Waals surface area contributed by atoms with Gasteiger partial charge in [0.1, 0.15) is 12.7 Å². The number of ether oxygens (including phenoxy) is 2. The van der Waals surface area contributed by atoms with E-state index in [1.807, 2.05) is 20.8 Å². The second-order valence-corrected chi connectivity index (χ2v) is 8.45. The molecule has 1 N–H and O–H groups in total. The quantitative estimate of drug-likeness (QED) is 0.613. The molecule has 138 valence electrons. The summed E-state index contributed by atoms with van der Waals surface area (Å²) >= 11 is 0. The van der Waals surface area contributed by atoms with E-state index in [0.717, 1.165) is 11.1 Å². The van der Waals surface area contributed by atoms with Gasteiger partial charge < -0.3 is 14.6 Å². The van der Waals surface area contributed by atoms with Gasteiger partial charge in [-0.2, -0.15) is 0 Å². The Morgan fingerprint density at radius 1 is 1.36 bits per heavy atom. The summed E-state index contributed by atoms with van der Waals surface area (Å²) in [5.74, 6) is -0.720. The number of hydrogen-bond acceptors (Lipinski definition) is 5. The lowest BCUT2D eigenvalue weighted by Gasteiger charge is -2.57. The van der Waals surface area contributed by atoms with E-state index in [-0.39, 0.29) is 24.0 Å². The van der Waals surface area contributed by atoms with Gasteiger partial charge in [0.2, 0.25) is 0 Å². The first-order valence-electron chi connectivity index (χ1n) is 9.04. The van der Waals surface area contributed by atoms with Crippen molar-refractivity contribution < 1.29 is 24.2 Å². The third-order valence-electron chi connectivity index (χ3n) is 6.59. The summed E-state index contributed by atoms with van der Waals surface area (Å²) in [6.07, 6.45) is 2.70. The predicted octanol–water partition coefficient (Wildman–Crippen LogP) is 2.92. The Hall–Kier alpha value is -1.62. The Balaban J connectivity index is 1.95. The minimum Gasteiger partial charge on any atom is -0.458 e. The summed E-state index contributed by atoms with van der Waals surface area (Å²) in [6.45, 7) is 9.97. The number of aliphatic hydroxyl groups is 1. The summed E-state index contributed by atoms with van der Waals surface area (Å²) in [4.78, 5) is 24.6. The molecule has 1 saturated carbocycles. The molecule has 0 amide bonds. The van der Waals surface area contributed by atoms with Crippen molar-refractivity contribution in [3.63, 3.8) is 0 Å². The molecule has 1 heterocycles. The molecule has 3 aliphatic rings. The van der Waals surface area contributed by atoms with Gasteiger partial charge in [-0.1, -0.05) is 26.8 Å². The van der Waals surface area contributed by atoms with Crippen LogP contribution in [-0.2, 0) is 19.1 Å². The van der Waals surface area contributed by atoms with E-state index < -0.39 is 16.9 Å². The van der Waals surface area contributed by atoms with Crippen LogP contribution in [0.2, 0.25) is 0 Å². The van der Waals surface area contributed by atoms with E-state index >= 15 is 0 Å². The van der Waals surface area contributed by atoms with Crippen LogP contribution in [0.1, 0.15) is 53.9 Å². The Kier molecular flexibility index (Phi) is 4.34. The zero-order valence-corrected chi connectivity index (χ0v) is 15.7. The molecule has 1 aliphatic heterocycles. The lowest BCUT2D eigenvalue weighted by atomic mass is 9.48. The van der Waals surface area contributed by atoms with E-state index in [4.69, 9.17) is 9.47 Å². The molecule has 0 bridgehead atoms. The average Bonchev–Trinajstić information content (AvgIpc) is 2.90. The summed E-state index contributed by atoms with van der Waals surface area (Å²) in [5, 5.41) is 10.9. The van der Waals surface area contributed by atoms with Crippen molar-refractivity contribution in [2.45, 2.75) is 66.1 Å². The SMILES string of the molecule is C/C=C(/C)C(=O)O[C@@H]1CC[C@]2(C)C3=C(COC3=O)C[C@@H](O)[C@H]2C1(C)C. The maximum absolute atomic E-state index is 12.3. The first kappa shape index (κ1) is 18.2. The topological polar surface area (TPSA) is 72.8 Å². The van der Waals surface area contributed by atoms with E-state index in [9.17, 15) is 14.7 Å². The fourth-order valence-corrected chi connectivity index (χ4v) is 5.34. The monoisotopic (exact) mass is 348 g/mol. The normalized spacial score (nSPS) is 37.3. The second kappa shape index (κ2) is 5.97. The molecule has 5 nitrogen and oxygen atoms in total. The molecule has 0 unspecified atom stereocenters. The van der Waals surface area contributed by atoms with E-state index in [1.54, 1.807) is 13.0 Å². The van der Waals surface area contributed by atoms with Crippen LogP contribution in [0.15, 0.2) is 22.8 Å².